The fourth-order valence-electron chi connectivity index (χ4n) is 4.39. The zero-order valence-corrected chi connectivity index (χ0v) is 16.1. The SMILES string of the molecule is COc1cccc(/C=C/[C@@]23NC(=O)CN2c2ccccc2C3(C)C)c1OC. The maximum absolute atomic E-state index is 12.4. The van der Waals surface area contributed by atoms with Crippen LogP contribution in [-0.2, 0) is 10.2 Å². The maximum Gasteiger partial charge on any atom is 0.241 e. The van der Waals surface area contributed by atoms with Gasteiger partial charge < -0.3 is 19.7 Å². The summed E-state index contributed by atoms with van der Waals surface area (Å²) in [5, 5.41) is 3.23. The lowest BCUT2D eigenvalue weighted by Crippen LogP contribution is -2.58. The van der Waals surface area contributed by atoms with E-state index in [4.69, 9.17) is 9.47 Å². The minimum Gasteiger partial charge on any atom is -0.493 e. The van der Waals surface area contributed by atoms with Crippen molar-refractivity contribution < 1.29 is 14.3 Å². The van der Waals surface area contributed by atoms with Gasteiger partial charge in [-0.3, -0.25) is 4.79 Å². The molecule has 0 spiro atoms. The molecule has 0 aromatic heterocycles. The number of anilines is 1. The first-order valence-electron chi connectivity index (χ1n) is 9.03. The molecule has 2 heterocycles. The topological polar surface area (TPSA) is 50.8 Å². The normalized spacial score (nSPS) is 22.5. The quantitative estimate of drug-likeness (QED) is 0.904. The molecule has 1 amide bonds. The molecular weight excluding hydrogens is 340 g/mol. The number of hydrogen-bond donors (Lipinski definition) is 1. The molecule has 1 saturated heterocycles. The van der Waals surface area contributed by atoms with Crippen molar-refractivity contribution in [1.82, 2.24) is 5.32 Å². The van der Waals surface area contributed by atoms with Crippen LogP contribution >= 0.6 is 0 Å². The average molecular weight is 364 g/mol. The summed E-state index contributed by atoms with van der Waals surface area (Å²) in [5.74, 6) is 1.38. The molecule has 2 aliphatic heterocycles. The fourth-order valence-corrected chi connectivity index (χ4v) is 4.39. The predicted octanol–water partition coefficient (Wildman–Crippen LogP) is 3.34. The van der Waals surface area contributed by atoms with Crippen LogP contribution in [0.4, 0.5) is 5.69 Å². The van der Waals surface area contributed by atoms with Crippen molar-refractivity contribution in [1.29, 1.82) is 0 Å². The molecule has 0 aliphatic carbocycles. The lowest BCUT2D eigenvalue weighted by atomic mass is 9.75. The number of fused-ring (bicyclic) bond motifs is 3. The summed E-state index contributed by atoms with van der Waals surface area (Å²) < 4.78 is 11.0. The van der Waals surface area contributed by atoms with E-state index in [1.54, 1.807) is 14.2 Å². The second-order valence-corrected chi connectivity index (χ2v) is 7.46. The molecule has 2 aromatic carbocycles. The molecule has 2 aromatic rings. The van der Waals surface area contributed by atoms with Crippen LogP contribution in [-0.4, -0.2) is 32.3 Å². The molecule has 0 bridgehead atoms. The van der Waals surface area contributed by atoms with Gasteiger partial charge in [-0.05, 0) is 23.8 Å². The third-order valence-electron chi connectivity index (χ3n) is 5.82. The Morgan fingerprint density at radius 2 is 1.85 bits per heavy atom. The van der Waals surface area contributed by atoms with E-state index in [1.165, 1.54) is 5.56 Å². The van der Waals surface area contributed by atoms with Crippen molar-refractivity contribution in [3.63, 3.8) is 0 Å². The Morgan fingerprint density at radius 3 is 2.59 bits per heavy atom. The molecule has 1 N–H and O–H groups in total. The number of carbonyl (C=O) groups is 1. The molecule has 27 heavy (non-hydrogen) atoms. The molecular formula is C22H24N2O3. The Hall–Kier alpha value is -2.95. The highest BCUT2D eigenvalue weighted by Crippen LogP contribution is 2.52. The third kappa shape index (κ3) is 2.34. The minimum absolute atomic E-state index is 0.0276. The smallest absolute Gasteiger partial charge is 0.241 e. The number of carbonyl (C=O) groups excluding carboxylic acids is 1. The van der Waals surface area contributed by atoms with Gasteiger partial charge in [0.2, 0.25) is 5.91 Å². The van der Waals surface area contributed by atoms with Crippen LogP contribution in [0.5, 0.6) is 11.5 Å². The second kappa shape index (κ2) is 6.05. The van der Waals surface area contributed by atoms with Crippen LogP contribution in [0.2, 0.25) is 0 Å². The zero-order chi connectivity index (χ0) is 19.2. The van der Waals surface area contributed by atoms with E-state index in [9.17, 15) is 4.79 Å². The number of hydrogen-bond acceptors (Lipinski definition) is 4. The number of ether oxygens (including phenoxy) is 2. The number of benzene rings is 2. The highest BCUT2D eigenvalue weighted by Gasteiger charge is 2.59. The number of amides is 1. The number of nitrogens with zero attached hydrogens (tertiary/aromatic N) is 1. The molecule has 5 heteroatoms. The Kier molecular flexibility index (Phi) is 3.91. The number of para-hydroxylation sites is 2. The van der Waals surface area contributed by atoms with Gasteiger partial charge in [0.05, 0.1) is 20.8 Å². The summed E-state index contributed by atoms with van der Waals surface area (Å²) in [6, 6.07) is 14.1. The zero-order valence-electron chi connectivity index (χ0n) is 16.1. The van der Waals surface area contributed by atoms with E-state index in [-0.39, 0.29) is 11.3 Å². The van der Waals surface area contributed by atoms with Crippen LogP contribution in [0.1, 0.15) is 25.0 Å². The van der Waals surface area contributed by atoms with E-state index >= 15 is 0 Å². The molecule has 0 unspecified atom stereocenters. The number of nitrogens with one attached hydrogen (secondary N) is 1. The molecule has 2 aliphatic rings. The van der Waals surface area contributed by atoms with Gasteiger partial charge in [0, 0.05) is 16.7 Å². The molecule has 0 radical (unpaired) electrons. The van der Waals surface area contributed by atoms with Crippen LogP contribution in [0.3, 0.4) is 0 Å². The number of methoxy groups -OCH3 is 2. The highest BCUT2D eigenvalue weighted by atomic mass is 16.5. The Balaban J connectivity index is 1.83. The van der Waals surface area contributed by atoms with Crippen LogP contribution in [0.15, 0.2) is 48.5 Å². The first-order chi connectivity index (χ1) is 12.9. The van der Waals surface area contributed by atoms with E-state index in [2.05, 4.69) is 42.3 Å². The van der Waals surface area contributed by atoms with Gasteiger partial charge in [0.15, 0.2) is 11.5 Å². The summed E-state index contributed by atoms with van der Waals surface area (Å²) in [5.41, 5.74) is 2.31. The van der Waals surface area contributed by atoms with E-state index in [1.807, 2.05) is 36.4 Å². The lowest BCUT2D eigenvalue weighted by Gasteiger charge is -2.40. The van der Waals surface area contributed by atoms with Crippen LogP contribution < -0.4 is 19.7 Å². The van der Waals surface area contributed by atoms with Crippen molar-refractivity contribution in [3.8, 4) is 11.5 Å². The van der Waals surface area contributed by atoms with Crippen molar-refractivity contribution in [2.24, 2.45) is 0 Å². The molecule has 1 fully saturated rings. The molecule has 5 nitrogen and oxygen atoms in total. The third-order valence-corrected chi connectivity index (χ3v) is 5.82. The van der Waals surface area contributed by atoms with Crippen molar-refractivity contribution in [2.75, 3.05) is 25.7 Å². The van der Waals surface area contributed by atoms with Crippen molar-refractivity contribution in [3.05, 3.63) is 59.7 Å². The van der Waals surface area contributed by atoms with Gasteiger partial charge in [0.1, 0.15) is 5.66 Å². The monoisotopic (exact) mass is 364 g/mol. The van der Waals surface area contributed by atoms with Crippen molar-refractivity contribution in [2.45, 2.75) is 24.9 Å². The van der Waals surface area contributed by atoms with Gasteiger partial charge in [0.25, 0.3) is 0 Å². The molecule has 140 valence electrons. The number of rotatable bonds is 4. The standard InChI is InChI=1S/C22H24N2O3/c1-21(2)16-9-5-6-10-17(16)24-14-19(25)23-22(21,24)13-12-15-8-7-11-18(26-3)20(15)27-4/h5-13H,14H2,1-4H3,(H,23,25)/b13-12+/t22-/m1/s1. The van der Waals surface area contributed by atoms with E-state index in [0.29, 0.717) is 18.0 Å². The minimum atomic E-state index is -0.623. The summed E-state index contributed by atoms with van der Waals surface area (Å²) in [4.78, 5) is 14.5. The average Bonchev–Trinajstić information content (AvgIpc) is 3.10. The maximum atomic E-state index is 12.4. The van der Waals surface area contributed by atoms with E-state index < -0.39 is 5.66 Å². The highest BCUT2D eigenvalue weighted by molar-refractivity contribution is 5.91. The first kappa shape index (κ1) is 17.5. The predicted molar refractivity (Wildman–Crippen MR) is 106 cm³/mol. The van der Waals surface area contributed by atoms with Gasteiger partial charge in [-0.1, -0.05) is 50.3 Å². The summed E-state index contributed by atoms with van der Waals surface area (Å²) >= 11 is 0. The van der Waals surface area contributed by atoms with Gasteiger partial charge in [-0.25, -0.2) is 0 Å². The van der Waals surface area contributed by atoms with Gasteiger partial charge >= 0.3 is 0 Å². The summed E-state index contributed by atoms with van der Waals surface area (Å²) in [6.07, 6.45) is 4.09. The summed E-state index contributed by atoms with van der Waals surface area (Å²) in [7, 11) is 3.26. The molecule has 4 rings (SSSR count). The Labute approximate surface area is 159 Å². The van der Waals surface area contributed by atoms with Gasteiger partial charge in [-0.2, -0.15) is 0 Å². The van der Waals surface area contributed by atoms with Crippen molar-refractivity contribution >= 4 is 17.7 Å². The Bertz CT molecular complexity index is 935. The molecule has 0 saturated carbocycles. The van der Waals surface area contributed by atoms with E-state index in [0.717, 1.165) is 11.3 Å². The largest absolute Gasteiger partial charge is 0.493 e. The fraction of sp³-hybridized carbons (Fsp3) is 0.318. The Morgan fingerprint density at radius 1 is 1.07 bits per heavy atom. The van der Waals surface area contributed by atoms with Gasteiger partial charge in [-0.15, -0.1) is 0 Å². The lowest BCUT2D eigenvalue weighted by molar-refractivity contribution is -0.118. The molecule has 1 atom stereocenters. The van der Waals surface area contributed by atoms with Crippen LogP contribution in [0.25, 0.3) is 6.08 Å². The first-order valence-corrected chi connectivity index (χ1v) is 9.03. The van der Waals surface area contributed by atoms with Crippen LogP contribution in [0, 0.1) is 0 Å². The second-order valence-electron chi connectivity index (χ2n) is 7.46. The summed E-state index contributed by atoms with van der Waals surface area (Å²) in [6.45, 7) is 4.69.